The second kappa shape index (κ2) is 9.42. The lowest BCUT2D eigenvalue weighted by Gasteiger charge is -2.59. The zero-order valence-electron chi connectivity index (χ0n) is 16.0. The zero-order chi connectivity index (χ0) is 20.0. The van der Waals surface area contributed by atoms with Crippen LogP contribution in [0.2, 0.25) is 5.02 Å². The molecule has 5 nitrogen and oxygen atoms in total. The highest BCUT2D eigenvalue weighted by Crippen LogP contribution is 2.51. The molecule has 1 heterocycles. The molecule has 27 heavy (non-hydrogen) atoms. The van der Waals surface area contributed by atoms with E-state index in [0.717, 1.165) is 32.2 Å². The molecule has 2 aliphatic rings. The quantitative estimate of drug-likeness (QED) is 0.662. The predicted molar refractivity (Wildman–Crippen MR) is 106 cm³/mol. The smallest absolute Gasteiger partial charge is 0.251 e. The highest BCUT2D eigenvalue weighted by atomic mass is 35.5. The number of aliphatic hydroxyl groups excluding tert-OH is 1. The summed E-state index contributed by atoms with van der Waals surface area (Å²) in [5.74, 6) is -0.361. The second-order valence-electron chi connectivity index (χ2n) is 7.70. The van der Waals surface area contributed by atoms with E-state index < -0.39 is 5.82 Å². The first-order valence-corrected chi connectivity index (χ1v) is 9.74. The molecule has 150 valence electrons. The van der Waals surface area contributed by atoms with Gasteiger partial charge in [0.2, 0.25) is 0 Å². The SMILES string of the molecule is CCC.N/C(=C\O)CN1CC2(CC(CNC(=O)c3cc(F)cc(Cl)c3)C2)C1. The largest absolute Gasteiger partial charge is 0.514 e. The molecule has 3 rings (SSSR count). The summed E-state index contributed by atoms with van der Waals surface area (Å²) in [6.07, 6.45) is 4.33. The topological polar surface area (TPSA) is 78.6 Å². The van der Waals surface area contributed by atoms with Gasteiger partial charge in [-0.1, -0.05) is 31.9 Å². The first-order valence-electron chi connectivity index (χ1n) is 9.36. The summed E-state index contributed by atoms with van der Waals surface area (Å²) < 4.78 is 13.3. The molecule has 7 heteroatoms. The summed E-state index contributed by atoms with van der Waals surface area (Å²) in [5, 5.41) is 11.9. The highest BCUT2D eigenvalue weighted by Gasteiger charge is 2.51. The van der Waals surface area contributed by atoms with Gasteiger partial charge in [-0.25, -0.2) is 4.39 Å². The first-order chi connectivity index (χ1) is 12.8. The summed E-state index contributed by atoms with van der Waals surface area (Å²) in [7, 11) is 0. The Labute approximate surface area is 165 Å². The van der Waals surface area contributed by atoms with E-state index in [0.29, 0.717) is 30.1 Å². The number of aliphatic hydroxyl groups is 1. The number of carbonyl (C=O) groups is 1. The number of hydrogen-bond donors (Lipinski definition) is 3. The molecule has 1 aliphatic heterocycles. The average molecular weight is 398 g/mol. The van der Waals surface area contributed by atoms with Crippen LogP contribution in [0.1, 0.15) is 43.5 Å². The molecule has 1 aromatic carbocycles. The van der Waals surface area contributed by atoms with Gasteiger partial charge in [-0.15, -0.1) is 0 Å². The number of likely N-dealkylation sites (tertiary alicyclic amines) is 1. The van der Waals surface area contributed by atoms with E-state index in [2.05, 4.69) is 24.1 Å². The third-order valence-corrected chi connectivity index (χ3v) is 5.03. The molecule has 0 radical (unpaired) electrons. The minimum absolute atomic E-state index is 0.216. The lowest BCUT2D eigenvalue weighted by atomic mass is 9.57. The maximum absolute atomic E-state index is 13.3. The van der Waals surface area contributed by atoms with Crippen molar-refractivity contribution >= 4 is 17.5 Å². The van der Waals surface area contributed by atoms with Crippen LogP contribution in [0.4, 0.5) is 4.39 Å². The van der Waals surface area contributed by atoms with Crippen molar-refractivity contribution in [2.45, 2.75) is 33.1 Å². The molecule has 1 amide bonds. The fourth-order valence-corrected chi connectivity index (χ4v) is 4.13. The molecule has 0 unspecified atom stereocenters. The van der Waals surface area contributed by atoms with E-state index in [-0.39, 0.29) is 16.5 Å². The molecular weight excluding hydrogens is 369 g/mol. The van der Waals surface area contributed by atoms with Crippen LogP contribution in [-0.2, 0) is 0 Å². The van der Waals surface area contributed by atoms with E-state index in [9.17, 15) is 9.18 Å². The van der Waals surface area contributed by atoms with Gasteiger partial charge in [0.25, 0.3) is 5.91 Å². The van der Waals surface area contributed by atoms with Crippen LogP contribution in [0, 0.1) is 17.2 Å². The van der Waals surface area contributed by atoms with Gasteiger partial charge in [0.05, 0.1) is 12.0 Å². The third-order valence-electron chi connectivity index (χ3n) is 4.81. The standard InChI is InChI=1S/C17H21ClFN3O2.C3H8/c18-13-1-12(2-14(19)3-13)16(24)21-6-11-4-17(5-11)9-22(10-17)7-15(20)8-23;1-3-2/h1-3,8,11,23H,4-7,9-10,20H2,(H,21,24);3H2,1-2H3/b15-8-;. The van der Waals surface area contributed by atoms with Crippen LogP contribution in [-0.4, -0.2) is 42.1 Å². The fraction of sp³-hybridized carbons (Fsp3) is 0.550. The highest BCUT2D eigenvalue weighted by molar-refractivity contribution is 6.31. The average Bonchev–Trinajstić information content (AvgIpc) is 2.54. The van der Waals surface area contributed by atoms with Crippen molar-refractivity contribution in [2.24, 2.45) is 17.1 Å². The van der Waals surface area contributed by atoms with Crippen molar-refractivity contribution in [3.05, 3.63) is 46.6 Å². The number of carbonyl (C=O) groups excluding carboxylic acids is 1. The molecule has 1 spiro atoms. The molecule has 0 atom stereocenters. The number of benzene rings is 1. The molecule has 0 bridgehead atoms. The number of rotatable bonds is 5. The van der Waals surface area contributed by atoms with E-state index in [1.165, 1.54) is 24.6 Å². The number of halogens is 2. The zero-order valence-corrected chi connectivity index (χ0v) is 16.7. The van der Waals surface area contributed by atoms with Crippen molar-refractivity contribution in [3.63, 3.8) is 0 Å². The van der Waals surface area contributed by atoms with Crippen LogP contribution in [0.5, 0.6) is 0 Å². The van der Waals surface area contributed by atoms with E-state index in [1.807, 2.05) is 0 Å². The molecule has 0 aromatic heterocycles. The summed E-state index contributed by atoms with van der Waals surface area (Å²) in [4.78, 5) is 14.3. The van der Waals surface area contributed by atoms with Crippen molar-refractivity contribution in [1.29, 1.82) is 0 Å². The summed E-state index contributed by atoms with van der Waals surface area (Å²) in [5.41, 5.74) is 6.66. The normalized spacial score (nSPS) is 18.9. The van der Waals surface area contributed by atoms with Gasteiger partial charge < -0.3 is 16.2 Å². The van der Waals surface area contributed by atoms with Gasteiger partial charge in [-0.3, -0.25) is 9.69 Å². The lowest BCUT2D eigenvalue weighted by molar-refractivity contribution is -0.0885. The van der Waals surface area contributed by atoms with Crippen LogP contribution >= 0.6 is 11.6 Å². The van der Waals surface area contributed by atoms with Crippen molar-refractivity contribution in [2.75, 3.05) is 26.2 Å². The molecule has 4 N–H and O–H groups in total. The Morgan fingerprint density at radius 3 is 2.59 bits per heavy atom. The van der Waals surface area contributed by atoms with Gasteiger partial charge in [-0.05, 0) is 42.4 Å². The number of hydrogen-bond acceptors (Lipinski definition) is 4. The van der Waals surface area contributed by atoms with Crippen molar-refractivity contribution in [3.8, 4) is 0 Å². The maximum Gasteiger partial charge on any atom is 0.251 e. The minimum Gasteiger partial charge on any atom is -0.514 e. The number of nitrogens with one attached hydrogen (secondary N) is 1. The van der Waals surface area contributed by atoms with Gasteiger partial charge in [-0.2, -0.15) is 0 Å². The Hall–Kier alpha value is -1.79. The Morgan fingerprint density at radius 2 is 2.04 bits per heavy atom. The molecule has 1 aliphatic carbocycles. The van der Waals surface area contributed by atoms with E-state index >= 15 is 0 Å². The molecule has 1 saturated heterocycles. The molecule has 1 aromatic rings. The van der Waals surface area contributed by atoms with Gasteiger partial charge in [0.1, 0.15) is 5.82 Å². The fourth-order valence-electron chi connectivity index (χ4n) is 3.90. The monoisotopic (exact) mass is 397 g/mol. The maximum atomic E-state index is 13.3. The van der Waals surface area contributed by atoms with Crippen LogP contribution < -0.4 is 11.1 Å². The van der Waals surface area contributed by atoms with Crippen LogP contribution in [0.25, 0.3) is 0 Å². The van der Waals surface area contributed by atoms with Gasteiger partial charge in [0.15, 0.2) is 0 Å². The molecule has 1 saturated carbocycles. The van der Waals surface area contributed by atoms with Crippen LogP contribution in [0.3, 0.4) is 0 Å². The number of nitrogens with two attached hydrogens (primary N) is 1. The third kappa shape index (κ3) is 5.84. The molecule has 2 fully saturated rings. The van der Waals surface area contributed by atoms with Crippen molar-refractivity contribution < 1.29 is 14.3 Å². The van der Waals surface area contributed by atoms with E-state index in [4.69, 9.17) is 22.4 Å². The molecular formula is C20H29ClFN3O2. The second-order valence-corrected chi connectivity index (χ2v) is 8.14. The van der Waals surface area contributed by atoms with Gasteiger partial charge in [0, 0.05) is 36.8 Å². The van der Waals surface area contributed by atoms with Gasteiger partial charge >= 0.3 is 0 Å². The summed E-state index contributed by atoms with van der Waals surface area (Å²) in [6, 6.07) is 3.83. The predicted octanol–water partition coefficient (Wildman–Crippen LogP) is 3.70. The lowest BCUT2D eigenvalue weighted by Crippen LogP contribution is -2.63. The number of nitrogens with zero attached hydrogens (tertiary/aromatic N) is 1. The Morgan fingerprint density at radius 1 is 1.41 bits per heavy atom. The summed E-state index contributed by atoms with van der Waals surface area (Å²) in [6.45, 7) is 7.39. The minimum atomic E-state index is -0.513. The Kier molecular flexibility index (Phi) is 7.50. The first kappa shape index (κ1) is 21.5. The van der Waals surface area contributed by atoms with Crippen LogP contribution in [0.15, 0.2) is 30.2 Å². The Balaban J connectivity index is 0.000000817. The Bertz CT molecular complexity index is 662. The van der Waals surface area contributed by atoms with Crippen molar-refractivity contribution in [1.82, 2.24) is 10.2 Å². The summed E-state index contributed by atoms with van der Waals surface area (Å²) >= 11 is 5.77. The number of amides is 1. The van der Waals surface area contributed by atoms with E-state index in [1.54, 1.807) is 0 Å².